The standard InChI is InChI=1S/C40H76NO12P/c1-3-5-7-9-11-12-13-14-15-16-17-18-19-20-22-24-26-28-33(43)32(41-34(44)29-31(42)27-25-23-21-10-8-6-4-2)30-52-54(50,51)53-40-38(48)36(46)35(45)37(47)39(40)49/h23,25-26,28,31-33,35-40,42-43,45-49H,3-22,24,27,29-30H2,1-2H3,(H,41,44)(H,50,51)/b25-23-,28-26+. The van der Waals surface area contributed by atoms with Gasteiger partial charge in [-0.3, -0.25) is 13.8 Å². The van der Waals surface area contributed by atoms with Crippen LogP contribution in [-0.2, 0) is 18.4 Å². The molecule has 13 nitrogen and oxygen atoms in total. The summed E-state index contributed by atoms with van der Waals surface area (Å²) in [7, 11) is -5.14. The lowest BCUT2D eigenvalue weighted by atomic mass is 9.85. The number of carbonyl (C=O) groups is 1. The number of allylic oxidation sites excluding steroid dienone is 2. The number of phosphoric ester groups is 1. The van der Waals surface area contributed by atoms with E-state index in [4.69, 9.17) is 9.05 Å². The summed E-state index contributed by atoms with van der Waals surface area (Å²) in [5.74, 6) is -0.630. The van der Waals surface area contributed by atoms with Crippen LogP contribution in [0.25, 0.3) is 0 Å². The molecule has 1 saturated carbocycles. The Morgan fingerprint density at radius 3 is 1.57 bits per heavy atom. The maximum absolute atomic E-state index is 12.8. The van der Waals surface area contributed by atoms with Gasteiger partial charge in [-0.05, 0) is 32.1 Å². The second kappa shape index (κ2) is 30.9. The van der Waals surface area contributed by atoms with Gasteiger partial charge in [-0.25, -0.2) is 4.57 Å². The fraction of sp³-hybridized carbons (Fsp3) is 0.875. The van der Waals surface area contributed by atoms with E-state index in [9.17, 15) is 50.0 Å². The fourth-order valence-electron chi connectivity index (χ4n) is 6.53. The molecule has 0 bridgehead atoms. The minimum absolute atomic E-state index is 0.252. The Morgan fingerprint density at radius 1 is 0.648 bits per heavy atom. The molecule has 1 fully saturated rings. The van der Waals surface area contributed by atoms with Crippen molar-refractivity contribution in [3.63, 3.8) is 0 Å². The van der Waals surface area contributed by atoms with E-state index in [1.54, 1.807) is 6.08 Å². The molecular formula is C40H76NO12P. The molecule has 1 rings (SSSR count). The van der Waals surface area contributed by atoms with E-state index in [0.29, 0.717) is 6.42 Å². The Morgan fingerprint density at radius 2 is 1.07 bits per heavy atom. The highest BCUT2D eigenvalue weighted by molar-refractivity contribution is 7.47. The van der Waals surface area contributed by atoms with Crippen molar-refractivity contribution in [2.24, 2.45) is 0 Å². The second-order valence-electron chi connectivity index (χ2n) is 15.0. The molecule has 1 aliphatic rings. The fourth-order valence-corrected chi connectivity index (χ4v) is 7.50. The lowest BCUT2D eigenvalue weighted by Gasteiger charge is -2.41. The summed E-state index contributed by atoms with van der Waals surface area (Å²) in [6.07, 6.45) is 17.5. The summed E-state index contributed by atoms with van der Waals surface area (Å²) in [6, 6.07) is -1.25. The Balaban J connectivity index is 2.60. The van der Waals surface area contributed by atoms with Gasteiger partial charge in [0.2, 0.25) is 5.91 Å². The Bertz CT molecular complexity index is 1030. The molecule has 0 aromatic rings. The molecule has 0 aromatic heterocycles. The Hall–Kier alpha value is -1.22. The number of nitrogens with one attached hydrogen (secondary N) is 1. The number of hydrogen-bond acceptors (Lipinski definition) is 11. The number of hydrogen-bond donors (Lipinski definition) is 9. The quantitative estimate of drug-likeness (QED) is 0.0224. The van der Waals surface area contributed by atoms with Gasteiger partial charge in [0.25, 0.3) is 0 Å². The summed E-state index contributed by atoms with van der Waals surface area (Å²) in [4.78, 5) is 23.2. The molecule has 1 amide bonds. The first-order valence-electron chi connectivity index (χ1n) is 20.9. The molecule has 0 spiro atoms. The number of carbonyl (C=O) groups excluding carboxylic acids is 1. The van der Waals surface area contributed by atoms with Crippen LogP contribution in [0.2, 0.25) is 0 Å². The average Bonchev–Trinajstić information content (AvgIpc) is 3.14. The van der Waals surface area contributed by atoms with Crippen LogP contribution in [0.3, 0.4) is 0 Å². The molecule has 0 aromatic carbocycles. The number of aliphatic hydroxyl groups excluding tert-OH is 7. The van der Waals surface area contributed by atoms with Crippen LogP contribution >= 0.6 is 7.82 Å². The number of aliphatic hydroxyl groups is 7. The van der Waals surface area contributed by atoms with Crippen molar-refractivity contribution >= 4 is 13.7 Å². The summed E-state index contributed by atoms with van der Waals surface area (Å²) in [5.41, 5.74) is 0. The van der Waals surface area contributed by atoms with Gasteiger partial charge >= 0.3 is 7.82 Å². The number of amides is 1. The zero-order valence-corrected chi connectivity index (χ0v) is 34.0. The molecule has 0 saturated heterocycles. The zero-order chi connectivity index (χ0) is 40.2. The van der Waals surface area contributed by atoms with Gasteiger partial charge in [0, 0.05) is 0 Å². The highest BCUT2D eigenvalue weighted by Gasteiger charge is 2.51. The molecule has 8 atom stereocenters. The first kappa shape index (κ1) is 50.8. The van der Waals surface area contributed by atoms with Gasteiger partial charge in [0.05, 0.1) is 31.3 Å². The molecule has 14 heteroatoms. The van der Waals surface area contributed by atoms with Crippen molar-refractivity contribution in [2.45, 2.75) is 216 Å². The molecule has 54 heavy (non-hydrogen) atoms. The van der Waals surface area contributed by atoms with Gasteiger partial charge in [0.1, 0.15) is 36.6 Å². The molecule has 1 aliphatic carbocycles. The third-order valence-corrected chi connectivity index (χ3v) is 11.0. The van der Waals surface area contributed by atoms with Crippen molar-refractivity contribution in [1.29, 1.82) is 0 Å². The van der Waals surface area contributed by atoms with Crippen LogP contribution < -0.4 is 5.32 Å². The first-order valence-corrected chi connectivity index (χ1v) is 22.4. The summed E-state index contributed by atoms with van der Waals surface area (Å²) in [5, 5.41) is 73.9. The van der Waals surface area contributed by atoms with E-state index in [1.807, 2.05) is 12.2 Å². The van der Waals surface area contributed by atoms with Crippen LogP contribution in [0.15, 0.2) is 24.3 Å². The lowest BCUT2D eigenvalue weighted by molar-refractivity contribution is -0.220. The van der Waals surface area contributed by atoms with Crippen molar-refractivity contribution in [3.8, 4) is 0 Å². The average molecular weight is 794 g/mol. The monoisotopic (exact) mass is 794 g/mol. The highest BCUT2D eigenvalue weighted by atomic mass is 31.2. The molecule has 318 valence electrons. The van der Waals surface area contributed by atoms with Crippen molar-refractivity contribution in [3.05, 3.63) is 24.3 Å². The van der Waals surface area contributed by atoms with Crippen molar-refractivity contribution < 1.29 is 59.0 Å². The normalized spacial score (nSPS) is 24.9. The van der Waals surface area contributed by atoms with Crippen molar-refractivity contribution in [1.82, 2.24) is 5.32 Å². The molecule has 8 unspecified atom stereocenters. The van der Waals surface area contributed by atoms with Crippen LogP contribution in [0, 0.1) is 0 Å². The third kappa shape index (κ3) is 23.1. The second-order valence-corrected chi connectivity index (χ2v) is 16.4. The summed E-state index contributed by atoms with van der Waals surface area (Å²) < 4.78 is 22.7. The van der Waals surface area contributed by atoms with E-state index in [1.165, 1.54) is 89.5 Å². The smallest absolute Gasteiger partial charge is 0.392 e. The zero-order valence-electron chi connectivity index (χ0n) is 33.1. The molecular weight excluding hydrogens is 717 g/mol. The van der Waals surface area contributed by atoms with Gasteiger partial charge in [-0.2, -0.15) is 0 Å². The van der Waals surface area contributed by atoms with E-state index in [-0.39, 0.29) is 12.8 Å². The number of phosphoric acid groups is 1. The Labute approximate surface area is 324 Å². The Kier molecular flexibility index (Phi) is 29.0. The topological polar surface area (TPSA) is 226 Å². The SMILES string of the molecule is CCCCCC/C=C\CC(O)CC(=O)NC(COP(=O)(O)OC1C(O)C(O)C(O)C(O)C1O)C(O)/C=C/CCCCCCCCCCCCCCCCC. The molecule has 0 radical (unpaired) electrons. The van der Waals surface area contributed by atoms with Gasteiger partial charge in [0.15, 0.2) is 0 Å². The van der Waals surface area contributed by atoms with Crippen LogP contribution in [0.1, 0.15) is 162 Å². The van der Waals surface area contributed by atoms with Crippen molar-refractivity contribution in [2.75, 3.05) is 6.61 Å². The maximum atomic E-state index is 12.8. The van der Waals surface area contributed by atoms with E-state index in [2.05, 4.69) is 19.2 Å². The predicted octanol–water partition coefficient (Wildman–Crippen LogP) is 5.64. The number of rotatable bonds is 33. The third-order valence-electron chi connectivity index (χ3n) is 10.0. The predicted molar refractivity (Wildman–Crippen MR) is 210 cm³/mol. The molecule has 9 N–H and O–H groups in total. The minimum Gasteiger partial charge on any atom is -0.392 e. The molecule has 0 aliphatic heterocycles. The van der Waals surface area contributed by atoms with Gasteiger partial charge in [-0.15, -0.1) is 0 Å². The summed E-state index contributed by atoms with van der Waals surface area (Å²) >= 11 is 0. The van der Waals surface area contributed by atoms with Gasteiger partial charge in [-0.1, -0.05) is 147 Å². The molecule has 0 heterocycles. The first-order chi connectivity index (χ1) is 25.8. The van der Waals surface area contributed by atoms with Crippen LogP contribution in [-0.4, -0.2) is 108 Å². The maximum Gasteiger partial charge on any atom is 0.472 e. The summed E-state index contributed by atoms with van der Waals surface area (Å²) in [6.45, 7) is 3.64. The van der Waals surface area contributed by atoms with E-state index >= 15 is 0 Å². The van der Waals surface area contributed by atoms with Crippen LogP contribution in [0.4, 0.5) is 0 Å². The number of unbranched alkanes of at least 4 members (excludes halogenated alkanes) is 19. The van der Waals surface area contributed by atoms with Gasteiger partial charge < -0.3 is 46.0 Å². The highest BCUT2D eigenvalue weighted by Crippen LogP contribution is 2.47. The van der Waals surface area contributed by atoms with E-state index in [0.717, 1.165) is 44.9 Å². The lowest BCUT2D eigenvalue weighted by Crippen LogP contribution is -2.64. The van der Waals surface area contributed by atoms with E-state index < -0.39 is 75.2 Å². The largest absolute Gasteiger partial charge is 0.472 e. The van der Waals surface area contributed by atoms with Crippen LogP contribution in [0.5, 0.6) is 0 Å². The minimum atomic E-state index is -5.14.